The highest BCUT2D eigenvalue weighted by Gasteiger charge is 2.11. The summed E-state index contributed by atoms with van der Waals surface area (Å²) in [6, 6.07) is 18.3. The van der Waals surface area contributed by atoms with Crippen LogP contribution in [0, 0.1) is 0 Å². The zero-order chi connectivity index (χ0) is 19.8. The van der Waals surface area contributed by atoms with E-state index in [-0.39, 0.29) is 18.3 Å². The largest absolute Gasteiger partial charge is 0.408 e. The van der Waals surface area contributed by atoms with Gasteiger partial charge in [0.2, 0.25) is 11.8 Å². The number of amides is 1. The molecule has 0 spiro atoms. The fourth-order valence-corrected chi connectivity index (χ4v) is 4.18. The van der Waals surface area contributed by atoms with Crippen molar-refractivity contribution in [3.63, 3.8) is 0 Å². The number of nitrogens with zero attached hydrogens (tertiary/aromatic N) is 2. The third-order valence-corrected chi connectivity index (χ3v) is 5.73. The Morgan fingerprint density at radius 2 is 1.79 bits per heavy atom. The molecular weight excluding hydrogens is 390 g/mol. The van der Waals surface area contributed by atoms with E-state index in [1.165, 1.54) is 9.79 Å². The van der Waals surface area contributed by atoms with Crippen LogP contribution in [0.3, 0.4) is 0 Å². The molecule has 0 saturated carbocycles. The standard InChI is InChI=1S/C21H23N3O2S2/c1-15(2)28-18-10-8-16(9-11-18)14-19(25)22-21-24-23-20(26-21)12-13-27-17-6-4-3-5-7-17/h3-11,15H,12-14H2,1-2H3,(H,22,24,25). The van der Waals surface area contributed by atoms with E-state index < -0.39 is 0 Å². The lowest BCUT2D eigenvalue weighted by Gasteiger charge is -2.06. The summed E-state index contributed by atoms with van der Waals surface area (Å²) in [5, 5.41) is 11.1. The molecule has 1 aromatic heterocycles. The molecule has 0 radical (unpaired) electrons. The van der Waals surface area contributed by atoms with Crippen molar-refractivity contribution < 1.29 is 9.21 Å². The molecule has 7 heteroatoms. The minimum Gasteiger partial charge on any atom is -0.408 e. The van der Waals surface area contributed by atoms with Crippen molar-refractivity contribution in [2.45, 2.75) is 41.7 Å². The van der Waals surface area contributed by atoms with Crippen LogP contribution in [-0.2, 0) is 17.6 Å². The molecule has 2 aromatic carbocycles. The predicted octanol–water partition coefficient (Wildman–Crippen LogP) is 5.09. The van der Waals surface area contributed by atoms with Crippen LogP contribution in [0.4, 0.5) is 6.01 Å². The van der Waals surface area contributed by atoms with Gasteiger partial charge in [0.15, 0.2) is 0 Å². The Bertz CT molecular complexity index is 880. The van der Waals surface area contributed by atoms with E-state index in [4.69, 9.17) is 4.42 Å². The van der Waals surface area contributed by atoms with Crippen LogP contribution in [0.1, 0.15) is 25.3 Å². The van der Waals surface area contributed by atoms with E-state index in [1.54, 1.807) is 23.5 Å². The second kappa shape index (κ2) is 10.3. The van der Waals surface area contributed by atoms with Gasteiger partial charge in [-0.25, -0.2) is 0 Å². The second-order valence-corrected chi connectivity index (χ2v) is 9.27. The fourth-order valence-electron chi connectivity index (χ4n) is 2.48. The van der Waals surface area contributed by atoms with Crippen LogP contribution in [0.25, 0.3) is 0 Å². The van der Waals surface area contributed by atoms with E-state index in [9.17, 15) is 4.79 Å². The minimum atomic E-state index is -0.168. The van der Waals surface area contributed by atoms with Crippen molar-refractivity contribution >= 4 is 35.4 Å². The van der Waals surface area contributed by atoms with Gasteiger partial charge in [-0.2, -0.15) is 0 Å². The van der Waals surface area contributed by atoms with Crippen LogP contribution in [0.5, 0.6) is 0 Å². The number of hydrogen-bond acceptors (Lipinski definition) is 6. The molecule has 0 atom stereocenters. The molecule has 0 aliphatic rings. The Morgan fingerprint density at radius 3 is 2.50 bits per heavy atom. The Balaban J connectivity index is 1.44. The molecule has 3 aromatic rings. The van der Waals surface area contributed by atoms with Gasteiger partial charge in [0.1, 0.15) is 0 Å². The van der Waals surface area contributed by atoms with E-state index in [0.717, 1.165) is 11.3 Å². The second-order valence-electron chi connectivity index (χ2n) is 6.45. The molecule has 0 aliphatic carbocycles. The minimum absolute atomic E-state index is 0.150. The summed E-state index contributed by atoms with van der Waals surface area (Å²) in [6.07, 6.45) is 0.922. The van der Waals surface area contributed by atoms with Gasteiger partial charge in [-0.3, -0.25) is 10.1 Å². The zero-order valence-electron chi connectivity index (χ0n) is 15.9. The summed E-state index contributed by atoms with van der Waals surface area (Å²) in [4.78, 5) is 14.6. The topological polar surface area (TPSA) is 68.0 Å². The van der Waals surface area contributed by atoms with Crippen LogP contribution in [-0.4, -0.2) is 27.1 Å². The summed E-state index contributed by atoms with van der Waals surface area (Å²) >= 11 is 3.53. The smallest absolute Gasteiger partial charge is 0.322 e. The number of anilines is 1. The molecule has 0 saturated heterocycles. The molecule has 1 heterocycles. The van der Waals surface area contributed by atoms with E-state index >= 15 is 0 Å². The van der Waals surface area contributed by atoms with Crippen molar-refractivity contribution in [2.75, 3.05) is 11.1 Å². The first kappa shape index (κ1) is 20.5. The predicted molar refractivity (Wildman–Crippen MR) is 115 cm³/mol. The third-order valence-electron chi connectivity index (χ3n) is 3.70. The van der Waals surface area contributed by atoms with Crippen molar-refractivity contribution in [3.8, 4) is 0 Å². The number of thioether (sulfide) groups is 2. The summed E-state index contributed by atoms with van der Waals surface area (Å²) in [7, 11) is 0. The van der Waals surface area contributed by atoms with Crippen LogP contribution < -0.4 is 5.32 Å². The molecule has 28 heavy (non-hydrogen) atoms. The number of aryl methyl sites for hydroxylation is 1. The first-order valence-electron chi connectivity index (χ1n) is 9.14. The SMILES string of the molecule is CC(C)Sc1ccc(CC(=O)Nc2nnc(CCSc3ccccc3)o2)cc1. The highest BCUT2D eigenvalue weighted by molar-refractivity contribution is 8.00. The van der Waals surface area contributed by atoms with Gasteiger partial charge < -0.3 is 4.42 Å². The normalized spacial score (nSPS) is 11.0. The molecule has 3 rings (SSSR count). The summed E-state index contributed by atoms with van der Waals surface area (Å²) in [5.41, 5.74) is 0.949. The molecule has 0 fully saturated rings. The lowest BCUT2D eigenvalue weighted by molar-refractivity contribution is -0.115. The number of nitrogens with one attached hydrogen (secondary N) is 1. The molecule has 1 amide bonds. The average molecular weight is 414 g/mol. The quantitative estimate of drug-likeness (QED) is 0.493. The number of carbonyl (C=O) groups is 1. The zero-order valence-corrected chi connectivity index (χ0v) is 17.6. The Hall–Kier alpha value is -2.25. The van der Waals surface area contributed by atoms with Gasteiger partial charge >= 0.3 is 6.01 Å². The summed E-state index contributed by atoms with van der Waals surface area (Å²) in [6.45, 7) is 4.32. The molecule has 1 N–H and O–H groups in total. The van der Waals surface area contributed by atoms with Gasteiger partial charge in [-0.15, -0.1) is 28.6 Å². The van der Waals surface area contributed by atoms with Crippen LogP contribution in [0.2, 0.25) is 0 Å². The number of benzene rings is 2. The van der Waals surface area contributed by atoms with Crippen molar-refractivity contribution in [3.05, 3.63) is 66.1 Å². The summed E-state index contributed by atoms with van der Waals surface area (Å²) < 4.78 is 5.52. The first-order valence-corrected chi connectivity index (χ1v) is 11.0. The van der Waals surface area contributed by atoms with Crippen molar-refractivity contribution in [1.82, 2.24) is 10.2 Å². The maximum atomic E-state index is 12.2. The average Bonchev–Trinajstić information content (AvgIpc) is 3.11. The number of hydrogen-bond donors (Lipinski definition) is 1. The van der Waals surface area contributed by atoms with E-state index in [1.807, 2.05) is 42.5 Å². The maximum absolute atomic E-state index is 12.2. The number of carbonyl (C=O) groups excluding carboxylic acids is 1. The first-order chi connectivity index (χ1) is 13.6. The molecule has 0 aliphatic heterocycles. The van der Waals surface area contributed by atoms with Crippen LogP contribution >= 0.6 is 23.5 Å². The molecule has 146 valence electrons. The third kappa shape index (κ3) is 6.73. The van der Waals surface area contributed by atoms with Gasteiger partial charge in [0.25, 0.3) is 0 Å². The van der Waals surface area contributed by atoms with Gasteiger partial charge in [-0.1, -0.05) is 49.3 Å². The van der Waals surface area contributed by atoms with Crippen molar-refractivity contribution in [2.24, 2.45) is 0 Å². The number of rotatable bonds is 9. The van der Waals surface area contributed by atoms with Crippen molar-refractivity contribution in [1.29, 1.82) is 0 Å². The highest BCUT2D eigenvalue weighted by atomic mass is 32.2. The Kier molecular flexibility index (Phi) is 7.56. The molecule has 5 nitrogen and oxygen atoms in total. The maximum Gasteiger partial charge on any atom is 0.322 e. The Labute approximate surface area is 173 Å². The van der Waals surface area contributed by atoms with Gasteiger partial charge in [-0.05, 0) is 29.8 Å². The summed E-state index contributed by atoms with van der Waals surface area (Å²) in [5.74, 6) is 1.19. The molecular formula is C21H23N3O2S2. The number of aromatic nitrogens is 2. The van der Waals surface area contributed by atoms with E-state index in [0.29, 0.717) is 17.6 Å². The van der Waals surface area contributed by atoms with E-state index in [2.05, 4.69) is 41.5 Å². The van der Waals surface area contributed by atoms with Gasteiger partial charge in [0, 0.05) is 27.2 Å². The lowest BCUT2D eigenvalue weighted by Crippen LogP contribution is -2.14. The highest BCUT2D eigenvalue weighted by Crippen LogP contribution is 2.23. The van der Waals surface area contributed by atoms with Crippen LogP contribution in [0.15, 0.2) is 68.8 Å². The molecule has 0 bridgehead atoms. The fraction of sp³-hybridized carbons (Fsp3) is 0.286. The lowest BCUT2D eigenvalue weighted by atomic mass is 10.1. The monoisotopic (exact) mass is 413 g/mol. The molecule has 0 unspecified atom stereocenters. The Morgan fingerprint density at radius 1 is 1.04 bits per heavy atom. The van der Waals surface area contributed by atoms with Gasteiger partial charge in [0.05, 0.1) is 6.42 Å².